The predicted octanol–water partition coefficient (Wildman–Crippen LogP) is 1.61. The zero-order chi connectivity index (χ0) is 12.1. The van der Waals surface area contributed by atoms with E-state index in [1.165, 1.54) is 11.1 Å². The predicted molar refractivity (Wildman–Crippen MR) is 68.6 cm³/mol. The highest BCUT2D eigenvalue weighted by molar-refractivity contribution is 5.79. The summed E-state index contributed by atoms with van der Waals surface area (Å²) in [7, 11) is 0. The molecular weight excluding hydrogens is 212 g/mol. The molecule has 0 bridgehead atoms. The maximum absolute atomic E-state index is 11.9. The van der Waals surface area contributed by atoms with Gasteiger partial charge in [-0.15, -0.1) is 0 Å². The average Bonchev–Trinajstić information content (AvgIpc) is 2.38. The van der Waals surface area contributed by atoms with Crippen molar-refractivity contribution in [1.29, 1.82) is 0 Å². The molecule has 1 saturated heterocycles. The highest BCUT2D eigenvalue weighted by Crippen LogP contribution is 2.11. The van der Waals surface area contributed by atoms with Gasteiger partial charge in [0.15, 0.2) is 0 Å². The summed E-state index contributed by atoms with van der Waals surface area (Å²) in [4.78, 5) is 11.9. The van der Waals surface area contributed by atoms with Crippen LogP contribution in [0, 0.1) is 12.8 Å². The van der Waals surface area contributed by atoms with E-state index >= 15 is 0 Å². The quantitative estimate of drug-likeness (QED) is 0.831. The molecule has 0 unspecified atom stereocenters. The topological polar surface area (TPSA) is 41.1 Å². The molecule has 1 aliphatic rings. The number of benzene rings is 1. The molecule has 0 aliphatic carbocycles. The zero-order valence-corrected chi connectivity index (χ0v) is 10.3. The van der Waals surface area contributed by atoms with Gasteiger partial charge in [-0.25, -0.2) is 0 Å². The SMILES string of the molecule is Cc1ccccc1CNC(=O)[C@@H]1CCCNC1. The number of hydrogen-bond donors (Lipinski definition) is 2. The van der Waals surface area contributed by atoms with Crippen molar-refractivity contribution in [3.63, 3.8) is 0 Å². The summed E-state index contributed by atoms with van der Waals surface area (Å²) in [5.41, 5.74) is 2.43. The molecule has 1 fully saturated rings. The molecule has 1 heterocycles. The van der Waals surface area contributed by atoms with Crippen LogP contribution in [0.25, 0.3) is 0 Å². The van der Waals surface area contributed by atoms with E-state index in [-0.39, 0.29) is 11.8 Å². The third kappa shape index (κ3) is 3.30. The second-order valence-corrected chi connectivity index (χ2v) is 4.69. The fourth-order valence-electron chi connectivity index (χ4n) is 2.21. The molecule has 1 amide bonds. The number of piperidine rings is 1. The van der Waals surface area contributed by atoms with E-state index in [1.807, 2.05) is 12.1 Å². The van der Waals surface area contributed by atoms with Crippen molar-refractivity contribution in [2.45, 2.75) is 26.3 Å². The molecule has 3 nitrogen and oxygen atoms in total. The molecule has 1 aliphatic heterocycles. The Bertz CT molecular complexity index is 384. The lowest BCUT2D eigenvalue weighted by molar-refractivity contribution is -0.125. The van der Waals surface area contributed by atoms with Gasteiger partial charge in [0.05, 0.1) is 5.92 Å². The monoisotopic (exact) mass is 232 g/mol. The Labute approximate surface area is 103 Å². The third-order valence-corrected chi connectivity index (χ3v) is 3.38. The highest BCUT2D eigenvalue weighted by atomic mass is 16.1. The van der Waals surface area contributed by atoms with E-state index < -0.39 is 0 Å². The normalized spacial score (nSPS) is 19.9. The van der Waals surface area contributed by atoms with Crippen LogP contribution in [-0.4, -0.2) is 19.0 Å². The summed E-state index contributed by atoms with van der Waals surface area (Å²) in [5, 5.41) is 6.30. The number of carbonyl (C=O) groups is 1. The minimum absolute atomic E-state index is 0.146. The van der Waals surface area contributed by atoms with Crippen molar-refractivity contribution in [2.24, 2.45) is 5.92 Å². The summed E-state index contributed by atoms with van der Waals surface area (Å²) >= 11 is 0. The lowest BCUT2D eigenvalue weighted by Crippen LogP contribution is -2.40. The first kappa shape index (κ1) is 12.1. The van der Waals surface area contributed by atoms with Gasteiger partial charge in [-0.05, 0) is 37.4 Å². The Morgan fingerprint density at radius 2 is 2.29 bits per heavy atom. The van der Waals surface area contributed by atoms with Crippen molar-refractivity contribution >= 4 is 5.91 Å². The molecule has 3 heteroatoms. The number of nitrogens with one attached hydrogen (secondary N) is 2. The van der Waals surface area contributed by atoms with Crippen molar-refractivity contribution in [1.82, 2.24) is 10.6 Å². The van der Waals surface area contributed by atoms with Gasteiger partial charge in [-0.1, -0.05) is 24.3 Å². The molecule has 0 saturated carbocycles. The zero-order valence-electron chi connectivity index (χ0n) is 10.3. The van der Waals surface area contributed by atoms with Crippen molar-refractivity contribution in [3.8, 4) is 0 Å². The lowest BCUT2D eigenvalue weighted by Gasteiger charge is -2.22. The number of amides is 1. The van der Waals surface area contributed by atoms with E-state index in [0.29, 0.717) is 6.54 Å². The van der Waals surface area contributed by atoms with Crippen LogP contribution in [0.4, 0.5) is 0 Å². The van der Waals surface area contributed by atoms with Crippen molar-refractivity contribution in [3.05, 3.63) is 35.4 Å². The molecule has 1 aromatic rings. The molecule has 0 radical (unpaired) electrons. The van der Waals surface area contributed by atoms with Gasteiger partial charge < -0.3 is 10.6 Å². The van der Waals surface area contributed by atoms with Crippen LogP contribution < -0.4 is 10.6 Å². The van der Waals surface area contributed by atoms with Crippen LogP contribution in [0.3, 0.4) is 0 Å². The van der Waals surface area contributed by atoms with Gasteiger partial charge in [0.2, 0.25) is 5.91 Å². The van der Waals surface area contributed by atoms with Crippen LogP contribution in [0.15, 0.2) is 24.3 Å². The molecule has 2 rings (SSSR count). The van der Waals surface area contributed by atoms with Crippen LogP contribution in [0.1, 0.15) is 24.0 Å². The maximum atomic E-state index is 11.9. The first-order valence-corrected chi connectivity index (χ1v) is 6.30. The maximum Gasteiger partial charge on any atom is 0.224 e. The molecule has 2 N–H and O–H groups in total. The average molecular weight is 232 g/mol. The first-order valence-electron chi connectivity index (χ1n) is 6.30. The Morgan fingerprint density at radius 3 is 3.00 bits per heavy atom. The summed E-state index contributed by atoms with van der Waals surface area (Å²) in [6.45, 7) is 4.58. The summed E-state index contributed by atoms with van der Waals surface area (Å²) < 4.78 is 0. The Balaban J connectivity index is 1.85. The molecule has 1 aromatic carbocycles. The van der Waals surface area contributed by atoms with Crippen LogP contribution in [0.5, 0.6) is 0 Å². The van der Waals surface area contributed by atoms with Crippen LogP contribution in [0.2, 0.25) is 0 Å². The van der Waals surface area contributed by atoms with Gasteiger partial charge >= 0.3 is 0 Å². The molecule has 92 valence electrons. The Morgan fingerprint density at radius 1 is 1.47 bits per heavy atom. The standard InChI is InChI=1S/C14H20N2O/c1-11-5-2-3-6-12(11)10-16-14(17)13-7-4-8-15-9-13/h2-3,5-6,13,15H,4,7-10H2,1H3,(H,16,17)/t13-/m1/s1. The van der Waals surface area contributed by atoms with Crippen LogP contribution in [-0.2, 0) is 11.3 Å². The smallest absolute Gasteiger partial charge is 0.224 e. The molecule has 1 atom stereocenters. The van der Waals surface area contributed by atoms with Gasteiger partial charge in [0.1, 0.15) is 0 Å². The van der Waals surface area contributed by atoms with Crippen molar-refractivity contribution in [2.75, 3.05) is 13.1 Å². The fraction of sp³-hybridized carbons (Fsp3) is 0.500. The van der Waals surface area contributed by atoms with Gasteiger partial charge in [-0.3, -0.25) is 4.79 Å². The highest BCUT2D eigenvalue weighted by Gasteiger charge is 2.20. The minimum atomic E-state index is 0.146. The number of aryl methyl sites for hydroxylation is 1. The van der Waals surface area contributed by atoms with E-state index in [1.54, 1.807) is 0 Å². The molecule has 17 heavy (non-hydrogen) atoms. The van der Waals surface area contributed by atoms with E-state index in [4.69, 9.17) is 0 Å². The Kier molecular flexibility index (Phi) is 4.15. The minimum Gasteiger partial charge on any atom is -0.352 e. The molecular formula is C14H20N2O. The third-order valence-electron chi connectivity index (χ3n) is 3.38. The molecule has 0 aromatic heterocycles. The molecule has 0 spiro atoms. The first-order chi connectivity index (χ1) is 8.27. The van der Waals surface area contributed by atoms with Gasteiger partial charge in [0, 0.05) is 13.1 Å². The number of hydrogen-bond acceptors (Lipinski definition) is 2. The van der Waals surface area contributed by atoms with Crippen molar-refractivity contribution < 1.29 is 4.79 Å². The summed E-state index contributed by atoms with van der Waals surface area (Å²) in [5.74, 6) is 0.327. The Hall–Kier alpha value is -1.35. The van der Waals surface area contributed by atoms with Gasteiger partial charge in [0.25, 0.3) is 0 Å². The summed E-state index contributed by atoms with van der Waals surface area (Å²) in [6, 6.07) is 8.17. The van der Waals surface area contributed by atoms with E-state index in [2.05, 4.69) is 29.7 Å². The van der Waals surface area contributed by atoms with Gasteiger partial charge in [-0.2, -0.15) is 0 Å². The second kappa shape index (κ2) is 5.82. The van der Waals surface area contributed by atoms with Crippen LogP contribution >= 0.6 is 0 Å². The number of rotatable bonds is 3. The lowest BCUT2D eigenvalue weighted by atomic mass is 9.98. The summed E-state index contributed by atoms with van der Waals surface area (Å²) in [6.07, 6.45) is 2.11. The largest absolute Gasteiger partial charge is 0.352 e. The number of carbonyl (C=O) groups excluding carboxylic acids is 1. The fourth-order valence-corrected chi connectivity index (χ4v) is 2.21. The second-order valence-electron chi connectivity index (χ2n) is 4.69. The van der Waals surface area contributed by atoms with E-state index in [9.17, 15) is 4.79 Å². The van der Waals surface area contributed by atoms with E-state index in [0.717, 1.165) is 25.9 Å².